The van der Waals surface area contributed by atoms with Crippen molar-refractivity contribution >= 4 is 63.9 Å². The number of halogens is 1. The van der Waals surface area contributed by atoms with Crippen LogP contribution in [-0.4, -0.2) is 114 Å². The number of aromatic nitrogens is 2. The minimum Gasteiger partial charge on any atom is -0.458 e. The number of pyridine rings is 2. The molecule has 1 aliphatic carbocycles. The molecule has 0 saturated carbocycles. The van der Waals surface area contributed by atoms with Crippen LogP contribution >= 0.6 is 0 Å². The van der Waals surface area contributed by atoms with Crippen LogP contribution < -0.4 is 37.0 Å². The number of imide groups is 1. The van der Waals surface area contributed by atoms with Gasteiger partial charge < -0.3 is 50.5 Å². The second-order valence-corrected chi connectivity index (χ2v) is 20.1. The van der Waals surface area contributed by atoms with E-state index in [9.17, 15) is 48.3 Å². The van der Waals surface area contributed by atoms with Crippen LogP contribution in [0.25, 0.3) is 22.3 Å². The Kier molecular flexibility index (Phi) is 16.3. The van der Waals surface area contributed by atoms with Gasteiger partial charge >= 0.3 is 5.97 Å². The van der Waals surface area contributed by atoms with Crippen LogP contribution in [0.2, 0.25) is 0 Å². The summed E-state index contributed by atoms with van der Waals surface area (Å²) in [4.78, 5) is 121. The second-order valence-electron chi connectivity index (χ2n) is 20.1. The summed E-state index contributed by atoms with van der Waals surface area (Å²) in [7, 11) is 0. The van der Waals surface area contributed by atoms with E-state index in [2.05, 4.69) is 33.5 Å². The summed E-state index contributed by atoms with van der Waals surface area (Å²) in [6.45, 7) is 4.16. The molecule has 5 heterocycles. The van der Waals surface area contributed by atoms with Crippen LogP contribution in [0.15, 0.2) is 83.7 Å². The van der Waals surface area contributed by atoms with Gasteiger partial charge in [0.25, 0.3) is 17.4 Å². The van der Waals surface area contributed by atoms with E-state index in [-0.39, 0.29) is 70.1 Å². The molecule has 412 valence electrons. The summed E-state index contributed by atoms with van der Waals surface area (Å²) >= 11 is 0. The zero-order chi connectivity index (χ0) is 56.2. The molecule has 3 aliphatic heterocycles. The molecular formula is C57H59FN8O13. The summed E-state index contributed by atoms with van der Waals surface area (Å²) in [6, 6.07) is 17.3. The van der Waals surface area contributed by atoms with Gasteiger partial charge in [-0.25, -0.2) is 19.1 Å². The average Bonchev–Trinajstić information content (AvgIpc) is 3.21. The number of benzene rings is 3. The Morgan fingerprint density at radius 1 is 0.823 bits per heavy atom. The lowest BCUT2D eigenvalue weighted by Crippen LogP contribution is -2.52. The molecule has 6 N–H and O–H groups in total. The van der Waals surface area contributed by atoms with Crippen molar-refractivity contribution in [1.82, 2.24) is 36.1 Å². The zero-order valence-corrected chi connectivity index (χ0v) is 43.8. The van der Waals surface area contributed by atoms with Crippen LogP contribution in [0, 0.1) is 12.7 Å². The summed E-state index contributed by atoms with van der Waals surface area (Å²) < 4.78 is 34.1. The van der Waals surface area contributed by atoms with Crippen molar-refractivity contribution in [2.45, 2.75) is 89.5 Å². The predicted octanol–water partition coefficient (Wildman–Crippen LogP) is 1.98. The van der Waals surface area contributed by atoms with Gasteiger partial charge in [0.1, 0.15) is 25.2 Å². The number of hydrogen-bond acceptors (Lipinski definition) is 14. The van der Waals surface area contributed by atoms with Crippen molar-refractivity contribution in [2.75, 3.05) is 51.1 Å². The maximum atomic E-state index is 15.5. The number of aliphatic hydroxyl groups is 1. The Balaban J connectivity index is 0.725. The third-order valence-corrected chi connectivity index (χ3v) is 14.9. The first-order chi connectivity index (χ1) is 37.9. The van der Waals surface area contributed by atoms with E-state index in [1.165, 1.54) is 18.2 Å². The quantitative estimate of drug-likeness (QED) is 0.0246. The topological polar surface area (TPSA) is 283 Å². The van der Waals surface area contributed by atoms with Crippen molar-refractivity contribution in [3.63, 3.8) is 0 Å². The summed E-state index contributed by atoms with van der Waals surface area (Å²) in [5.74, 6) is -5.12. The van der Waals surface area contributed by atoms with Crippen LogP contribution in [0.5, 0.6) is 0 Å². The fourth-order valence-electron chi connectivity index (χ4n) is 10.5. The van der Waals surface area contributed by atoms with Gasteiger partial charge in [-0.3, -0.25) is 38.4 Å². The molecular weight excluding hydrogens is 1020 g/mol. The number of rotatable bonds is 22. The maximum absolute atomic E-state index is 15.5. The number of ether oxygens (including phenoxy) is 3. The maximum Gasteiger partial charge on any atom is 0.343 e. The van der Waals surface area contributed by atoms with Crippen LogP contribution in [0.1, 0.15) is 77.6 Å². The van der Waals surface area contributed by atoms with Gasteiger partial charge in [0.05, 0.1) is 74.2 Å². The Bertz CT molecular complexity index is 3380. The van der Waals surface area contributed by atoms with E-state index in [1.807, 2.05) is 0 Å². The number of hydrogen-bond donors (Lipinski definition) is 6. The smallest absolute Gasteiger partial charge is 0.343 e. The van der Waals surface area contributed by atoms with Crippen molar-refractivity contribution in [3.05, 3.63) is 140 Å². The van der Waals surface area contributed by atoms with E-state index < -0.39 is 95.4 Å². The molecule has 21 nitrogen and oxygen atoms in total. The van der Waals surface area contributed by atoms with Crippen LogP contribution in [0.4, 0.5) is 10.1 Å². The fourth-order valence-corrected chi connectivity index (χ4v) is 10.5. The molecule has 0 fully saturated rings. The molecule has 3 aromatic carbocycles. The molecule has 0 radical (unpaired) electrons. The Morgan fingerprint density at radius 3 is 2.24 bits per heavy atom. The number of cyclic esters (lactones) is 1. The molecule has 5 aromatic rings. The van der Waals surface area contributed by atoms with Gasteiger partial charge in [-0.1, -0.05) is 56.3 Å². The normalized spacial score (nSPS) is 18.1. The number of anilines is 1. The number of carbonyl (C=O) groups excluding carboxylic acids is 8. The van der Waals surface area contributed by atoms with Crippen molar-refractivity contribution < 1.29 is 62.1 Å². The highest BCUT2D eigenvalue weighted by molar-refractivity contribution is 6.28. The zero-order valence-electron chi connectivity index (χ0n) is 43.8. The summed E-state index contributed by atoms with van der Waals surface area (Å²) in [5, 5.41) is 24.8. The van der Waals surface area contributed by atoms with Gasteiger partial charge in [0.15, 0.2) is 5.60 Å². The Hall–Kier alpha value is -8.47. The minimum absolute atomic E-state index is 0.0136. The number of fused-ring (bicyclic) bond motifs is 5. The van der Waals surface area contributed by atoms with Gasteiger partial charge in [-0.2, -0.15) is 0 Å². The lowest BCUT2D eigenvalue weighted by atomic mass is 9.69. The first kappa shape index (κ1) is 55.3. The molecule has 0 spiro atoms. The minimum atomic E-state index is -2.01. The Morgan fingerprint density at radius 2 is 1.51 bits per heavy atom. The number of carbonyl (C=O) groups is 8. The molecule has 3 atom stereocenters. The predicted molar refractivity (Wildman–Crippen MR) is 282 cm³/mol. The van der Waals surface area contributed by atoms with Gasteiger partial charge in [0.2, 0.25) is 29.5 Å². The molecule has 2 aromatic heterocycles. The van der Waals surface area contributed by atoms with Crippen LogP contribution in [-0.2, 0) is 96.0 Å². The highest BCUT2D eigenvalue weighted by Gasteiger charge is 2.47. The van der Waals surface area contributed by atoms with Gasteiger partial charge in [0, 0.05) is 53.0 Å². The lowest BCUT2D eigenvalue weighted by Gasteiger charge is -2.37. The van der Waals surface area contributed by atoms with Gasteiger partial charge in [-0.15, -0.1) is 0 Å². The van der Waals surface area contributed by atoms with E-state index in [1.54, 1.807) is 79.1 Å². The van der Waals surface area contributed by atoms with Crippen LogP contribution in [0.3, 0.4) is 0 Å². The summed E-state index contributed by atoms with van der Waals surface area (Å²) in [6.07, 6.45) is 3.92. The molecule has 0 unspecified atom stereocenters. The molecule has 7 amide bonds. The standard InChI is InChI=1S/C57H59FN8O13/c1-4-57(76)39-23-43-52-37(28-65(43)54(74)38(39)29-79-55(57)75)51-50-36(32(2)40(58)24-41(50)64-52)18-19-56(51,3)30-77-20-21-78-31-62-46(69)26-61-53(73)42(22-34-8-6-5-7-9-34)63-47(70)27-60-45(68)25-59-44(67)15-12-33-10-13-35(14-11-33)66-48(71)16-17-49(66)72/h5-11,13-14,16-17,23-24,42,76H,4,12,15,18-22,25-31H2,1-3H3,(H,59,67)(H,60,68)(H,61,73)(H,62,69)(H,63,70)/t42-,56+,57-/m0/s1. The highest BCUT2D eigenvalue weighted by Crippen LogP contribution is 2.49. The molecule has 22 heteroatoms. The molecule has 4 aliphatic rings. The van der Waals surface area contributed by atoms with E-state index in [4.69, 9.17) is 19.2 Å². The lowest BCUT2D eigenvalue weighted by molar-refractivity contribution is -0.172. The number of nitrogens with one attached hydrogen (secondary N) is 5. The number of esters is 1. The first-order valence-electron chi connectivity index (χ1n) is 25.9. The number of amides is 7. The first-order valence-corrected chi connectivity index (χ1v) is 25.9. The molecule has 0 bridgehead atoms. The van der Waals surface area contributed by atoms with Crippen molar-refractivity contribution in [2.24, 2.45) is 0 Å². The molecule has 79 heavy (non-hydrogen) atoms. The fraction of sp³-hybridized carbons (Fsp3) is 0.368. The van der Waals surface area contributed by atoms with E-state index in [0.29, 0.717) is 53.0 Å². The largest absolute Gasteiger partial charge is 0.458 e. The third-order valence-electron chi connectivity index (χ3n) is 14.9. The summed E-state index contributed by atoms with van der Waals surface area (Å²) in [5.41, 5.74) is 3.51. The molecule has 9 rings (SSSR count). The van der Waals surface area contributed by atoms with Gasteiger partial charge in [-0.05, 0) is 78.6 Å². The average molecular weight is 1080 g/mol. The number of aryl methyl sites for hydroxylation is 2. The van der Waals surface area contributed by atoms with Crippen molar-refractivity contribution in [1.29, 1.82) is 0 Å². The Labute approximate surface area is 452 Å². The van der Waals surface area contributed by atoms with E-state index >= 15 is 4.39 Å². The van der Waals surface area contributed by atoms with Crippen molar-refractivity contribution in [3.8, 4) is 11.4 Å². The third kappa shape index (κ3) is 11.6. The second kappa shape index (κ2) is 23.2. The number of nitrogens with zero attached hydrogens (tertiary/aromatic N) is 3. The monoisotopic (exact) mass is 1080 g/mol. The highest BCUT2D eigenvalue weighted by atomic mass is 19.1. The molecule has 0 saturated heterocycles. The SMILES string of the molecule is CC[C@@]1(O)C(=O)OCc2c1cc1n(c2=O)Cc2c-1nc1cc(F)c(C)c3c1c2[C@@](C)(COCCOCNC(=O)CNC(=O)[C@H](Cc1ccccc1)NC(=O)CNC(=O)CNC(=O)CCc1ccc(N2C(=O)C=CC2=O)cc1)CC3. The van der Waals surface area contributed by atoms with E-state index in [0.717, 1.165) is 32.5 Å².